The first-order chi connectivity index (χ1) is 10.1. The first-order valence-corrected chi connectivity index (χ1v) is 7.47. The van der Waals surface area contributed by atoms with Crippen molar-refractivity contribution in [2.24, 2.45) is 5.92 Å². The van der Waals surface area contributed by atoms with Gasteiger partial charge < -0.3 is 19.7 Å². The molecule has 6 heteroatoms. The molecule has 0 bridgehead atoms. The Hall–Kier alpha value is -1.40. The highest BCUT2D eigenvalue weighted by atomic mass is 16.6. The largest absolute Gasteiger partial charge is 0.466 e. The summed E-state index contributed by atoms with van der Waals surface area (Å²) in [7, 11) is 1.30. The molecule has 0 unspecified atom stereocenters. The Kier molecular flexibility index (Phi) is 4.13. The van der Waals surface area contributed by atoms with Gasteiger partial charge in [0.25, 0.3) is 0 Å². The van der Waals surface area contributed by atoms with E-state index in [-0.39, 0.29) is 6.42 Å². The molecule has 2 aliphatic rings. The fourth-order valence-corrected chi connectivity index (χ4v) is 3.82. The lowest BCUT2D eigenvalue weighted by Gasteiger charge is -2.41. The van der Waals surface area contributed by atoms with Crippen molar-refractivity contribution in [3.63, 3.8) is 0 Å². The number of carbonyl (C=O) groups excluding carboxylic acids is 2. The predicted molar refractivity (Wildman–Crippen MR) is 77.8 cm³/mol. The summed E-state index contributed by atoms with van der Waals surface area (Å²) in [5, 5.41) is 21.3. The van der Waals surface area contributed by atoms with Gasteiger partial charge >= 0.3 is 11.9 Å². The molecule has 0 amide bonds. The third kappa shape index (κ3) is 2.54. The Balaban J connectivity index is 2.33. The van der Waals surface area contributed by atoms with Gasteiger partial charge in [-0.3, -0.25) is 4.79 Å². The standard InChI is InChI=1S/C16H24O6/c1-10(13(18)21-4)5-6-11-14(2,19)7-8-16(11)15(3,20)9-12(17)22-16/h5,11,19-20H,6-9H2,1-4H3/b10-5+/t11-,14+,15+,16+/m0/s1. The van der Waals surface area contributed by atoms with Crippen LogP contribution in [0.3, 0.4) is 0 Å². The maximum Gasteiger partial charge on any atom is 0.333 e. The summed E-state index contributed by atoms with van der Waals surface area (Å²) >= 11 is 0. The molecule has 1 heterocycles. The van der Waals surface area contributed by atoms with Crippen LogP contribution in [0.4, 0.5) is 0 Å². The molecule has 6 nitrogen and oxygen atoms in total. The van der Waals surface area contributed by atoms with E-state index in [4.69, 9.17) is 4.74 Å². The van der Waals surface area contributed by atoms with Gasteiger partial charge in [-0.15, -0.1) is 0 Å². The maximum atomic E-state index is 11.7. The van der Waals surface area contributed by atoms with Crippen molar-refractivity contribution in [1.29, 1.82) is 0 Å². The minimum Gasteiger partial charge on any atom is -0.466 e. The molecule has 1 saturated heterocycles. The monoisotopic (exact) mass is 312 g/mol. The lowest BCUT2D eigenvalue weighted by molar-refractivity contribution is -0.173. The number of methoxy groups -OCH3 is 1. The molecule has 2 rings (SSSR count). The molecule has 2 fully saturated rings. The van der Waals surface area contributed by atoms with Gasteiger partial charge in [-0.1, -0.05) is 6.08 Å². The Bertz CT molecular complexity index is 519. The van der Waals surface area contributed by atoms with E-state index in [1.54, 1.807) is 26.8 Å². The number of hydrogen-bond acceptors (Lipinski definition) is 6. The zero-order valence-electron chi connectivity index (χ0n) is 13.5. The van der Waals surface area contributed by atoms with E-state index in [1.807, 2.05) is 0 Å². The van der Waals surface area contributed by atoms with Crippen LogP contribution in [0.2, 0.25) is 0 Å². The highest BCUT2D eigenvalue weighted by Gasteiger charge is 2.67. The molecule has 124 valence electrons. The summed E-state index contributed by atoms with van der Waals surface area (Å²) in [5.41, 5.74) is -3.10. The van der Waals surface area contributed by atoms with Crippen LogP contribution in [-0.4, -0.2) is 46.1 Å². The minimum absolute atomic E-state index is 0.0840. The lowest BCUT2D eigenvalue weighted by atomic mass is 9.72. The third-order valence-electron chi connectivity index (χ3n) is 5.18. The number of ether oxygens (including phenoxy) is 2. The summed E-state index contributed by atoms with van der Waals surface area (Å²) in [6, 6.07) is 0. The van der Waals surface area contributed by atoms with Gasteiger partial charge in [0.2, 0.25) is 0 Å². The zero-order chi connectivity index (χ0) is 16.8. The van der Waals surface area contributed by atoms with Gasteiger partial charge in [0.05, 0.1) is 19.1 Å². The average molecular weight is 312 g/mol. The van der Waals surface area contributed by atoms with Crippen LogP contribution in [0.15, 0.2) is 11.6 Å². The van der Waals surface area contributed by atoms with E-state index >= 15 is 0 Å². The molecule has 0 aromatic rings. The second kappa shape index (κ2) is 5.35. The van der Waals surface area contributed by atoms with Gasteiger partial charge in [-0.05, 0) is 40.0 Å². The predicted octanol–water partition coefficient (Wildman–Crippen LogP) is 1.09. The molecule has 2 N–H and O–H groups in total. The smallest absolute Gasteiger partial charge is 0.333 e. The van der Waals surface area contributed by atoms with E-state index in [0.29, 0.717) is 24.8 Å². The zero-order valence-corrected chi connectivity index (χ0v) is 13.5. The van der Waals surface area contributed by atoms with Gasteiger partial charge in [-0.25, -0.2) is 4.79 Å². The van der Waals surface area contributed by atoms with Crippen LogP contribution >= 0.6 is 0 Å². The number of aliphatic hydroxyl groups is 2. The van der Waals surface area contributed by atoms with Crippen molar-refractivity contribution >= 4 is 11.9 Å². The molecule has 1 saturated carbocycles. The maximum absolute atomic E-state index is 11.7. The average Bonchev–Trinajstić information content (AvgIpc) is 2.80. The number of esters is 2. The van der Waals surface area contributed by atoms with E-state index in [1.165, 1.54) is 7.11 Å². The van der Waals surface area contributed by atoms with Gasteiger partial charge in [0, 0.05) is 11.5 Å². The third-order valence-corrected chi connectivity index (χ3v) is 5.18. The minimum atomic E-state index is -1.33. The van der Waals surface area contributed by atoms with Gasteiger partial charge in [-0.2, -0.15) is 0 Å². The second-order valence-electron chi connectivity index (χ2n) is 6.84. The lowest BCUT2D eigenvalue weighted by Crippen LogP contribution is -2.54. The molecular formula is C16H24O6. The van der Waals surface area contributed by atoms with E-state index in [9.17, 15) is 19.8 Å². The van der Waals surface area contributed by atoms with Crippen molar-refractivity contribution in [1.82, 2.24) is 0 Å². The highest BCUT2D eigenvalue weighted by Crippen LogP contribution is 2.56. The normalized spacial score (nSPS) is 41.8. The van der Waals surface area contributed by atoms with Crippen molar-refractivity contribution in [3.8, 4) is 0 Å². The summed E-state index contributed by atoms with van der Waals surface area (Å²) in [5.74, 6) is -1.38. The molecule has 4 atom stereocenters. The van der Waals surface area contributed by atoms with Crippen LogP contribution in [0.1, 0.15) is 46.5 Å². The molecule has 1 aliphatic carbocycles. The van der Waals surface area contributed by atoms with Crippen LogP contribution in [-0.2, 0) is 19.1 Å². The Morgan fingerprint density at radius 1 is 1.41 bits per heavy atom. The Labute approximate surface area is 130 Å². The molecule has 0 aromatic heterocycles. The molecule has 22 heavy (non-hydrogen) atoms. The molecule has 0 aromatic carbocycles. The summed E-state index contributed by atoms with van der Waals surface area (Å²) in [6.45, 7) is 4.88. The van der Waals surface area contributed by atoms with Crippen molar-refractivity contribution in [3.05, 3.63) is 11.6 Å². The Morgan fingerprint density at radius 2 is 2.05 bits per heavy atom. The van der Waals surface area contributed by atoms with Gasteiger partial charge in [0.1, 0.15) is 11.2 Å². The summed E-state index contributed by atoms with van der Waals surface area (Å²) in [6.07, 6.45) is 2.72. The molecule has 1 aliphatic heterocycles. The van der Waals surface area contributed by atoms with E-state index in [0.717, 1.165) is 0 Å². The topological polar surface area (TPSA) is 93.1 Å². The van der Waals surface area contributed by atoms with Gasteiger partial charge in [0.15, 0.2) is 0 Å². The highest BCUT2D eigenvalue weighted by molar-refractivity contribution is 5.87. The van der Waals surface area contributed by atoms with Crippen molar-refractivity contribution in [2.45, 2.75) is 63.3 Å². The fraction of sp³-hybridized carbons (Fsp3) is 0.750. The number of allylic oxidation sites excluding steroid dienone is 1. The number of rotatable bonds is 3. The summed E-state index contributed by atoms with van der Waals surface area (Å²) in [4.78, 5) is 23.2. The molecular weight excluding hydrogens is 288 g/mol. The van der Waals surface area contributed by atoms with Crippen molar-refractivity contribution < 1.29 is 29.3 Å². The van der Waals surface area contributed by atoms with Crippen LogP contribution < -0.4 is 0 Å². The van der Waals surface area contributed by atoms with Crippen LogP contribution in [0.5, 0.6) is 0 Å². The number of carbonyl (C=O) groups is 2. The number of hydrogen-bond donors (Lipinski definition) is 2. The Morgan fingerprint density at radius 3 is 2.55 bits per heavy atom. The molecule has 1 spiro atoms. The SMILES string of the molecule is COC(=O)/C(C)=C/C[C@H]1[C@](C)(O)CC[C@@]12OC(=O)C[C@@]2(C)O. The summed E-state index contributed by atoms with van der Waals surface area (Å²) < 4.78 is 10.1. The van der Waals surface area contributed by atoms with Crippen molar-refractivity contribution in [2.75, 3.05) is 7.11 Å². The van der Waals surface area contributed by atoms with Crippen LogP contribution in [0.25, 0.3) is 0 Å². The first kappa shape index (κ1) is 17.0. The molecule has 0 radical (unpaired) electrons. The second-order valence-corrected chi connectivity index (χ2v) is 6.84. The van der Waals surface area contributed by atoms with Crippen LogP contribution in [0, 0.1) is 5.92 Å². The van der Waals surface area contributed by atoms with E-state index in [2.05, 4.69) is 4.74 Å². The quantitative estimate of drug-likeness (QED) is 0.598. The first-order valence-electron chi connectivity index (χ1n) is 7.47. The fourth-order valence-electron chi connectivity index (χ4n) is 3.82. The van der Waals surface area contributed by atoms with E-state index < -0.39 is 34.7 Å².